The average Bonchev–Trinajstić information content (AvgIpc) is 2.54. The van der Waals surface area contributed by atoms with Crippen molar-refractivity contribution in [2.24, 2.45) is 0 Å². The molecule has 2 rings (SSSR count). The molecule has 0 atom stereocenters. The number of nitro benzene ring substituents is 4. The molecule has 25 heavy (non-hydrogen) atoms. The van der Waals surface area contributed by atoms with Crippen LogP contribution < -0.4 is 4.74 Å². The lowest BCUT2D eigenvalue weighted by Crippen LogP contribution is -2.01. The van der Waals surface area contributed by atoms with Crippen molar-refractivity contribution in [3.05, 3.63) is 76.9 Å². The first-order valence-corrected chi connectivity index (χ1v) is 6.24. The first kappa shape index (κ1) is 17.2. The molecule has 0 bridgehead atoms. The predicted molar refractivity (Wildman–Crippen MR) is 79.6 cm³/mol. The molecule has 2 aromatic carbocycles. The molecule has 0 saturated heterocycles. The predicted octanol–water partition coefficient (Wildman–Crippen LogP) is 3.11. The summed E-state index contributed by atoms with van der Waals surface area (Å²) in [5, 5.41) is 43.6. The lowest BCUT2D eigenvalue weighted by molar-refractivity contribution is -0.404. The third-order valence-corrected chi connectivity index (χ3v) is 2.91. The number of nitrogens with zero attached hydrogens (tertiary/aromatic N) is 4. The summed E-state index contributed by atoms with van der Waals surface area (Å²) in [6.45, 7) is 0. The molecule has 128 valence electrons. The van der Waals surface area contributed by atoms with Crippen LogP contribution in [0.2, 0.25) is 0 Å². The molecule has 13 nitrogen and oxygen atoms in total. The minimum atomic E-state index is -1.07. The number of nitro groups is 4. The largest absolute Gasteiger partial charge is 0.444 e. The standard InChI is InChI=1S/C12H6N4O9/c17-13(18)7-1-3-9(4-2-7)25-12-10(15(21)22)5-8(14(19)20)6-11(12)16(23)24/h1-6H. The molecule has 0 N–H and O–H groups in total. The summed E-state index contributed by atoms with van der Waals surface area (Å²) in [7, 11) is 0. The summed E-state index contributed by atoms with van der Waals surface area (Å²) in [6, 6.07) is 5.25. The second-order valence-electron chi connectivity index (χ2n) is 4.44. The summed E-state index contributed by atoms with van der Waals surface area (Å²) in [4.78, 5) is 39.7. The monoisotopic (exact) mass is 350 g/mol. The van der Waals surface area contributed by atoms with E-state index >= 15 is 0 Å². The molecule has 0 aliphatic rings. The molecule has 0 spiro atoms. The van der Waals surface area contributed by atoms with Crippen LogP contribution in [0.5, 0.6) is 11.5 Å². The number of hydrogen-bond acceptors (Lipinski definition) is 9. The zero-order chi connectivity index (χ0) is 18.7. The summed E-state index contributed by atoms with van der Waals surface area (Å²) in [5.74, 6) is -0.986. The fourth-order valence-corrected chi connectivity index (χ4v) is 1.82. The highest BCUT2D eigenvalue weighted by Crippen LogP contribution is 2.42. The molecular formula is C12H6N4O9. The van der Waals surface area contributed by atoms with Crippen LogP contribution in [-0.2, 0) is 0 Å². The van der Waals surface area contributed by atoms with Gasteiger partial charge in [0.15, 0.2) is 0 Å². The zero-order valence-electron chi connectivity index (χ0n) is 11.9. The van der Waals surface area contributed by atoms with E-state index in [4.69, 9.17) is 4.74 Å². The second kappa shape index (κ2) is 6.53. The highest BCUT2D eigenvalue weighted by atomic mass is 16.6. The van der Waals surface area contributed by atoms with Gasteiger partial charge >= 0.3 is 11.4 Å². The smallest absolute Gasteiger partial charge is 0.325 e. The van der Waals surface area contributed by atoms with Crippen molar-refractivity contribution in [2.75, 3.05) is 0 Å². The average molecular weight is 350 g/mol. The first-order chi connectivity index (χ1) is 11.7. The molecule has 13 heteroatoms. The lowest BCUT2D eigenvalue weighted by Gasteiger charge is -2.07. The van der Waals surface area contributed by atoms with E-state index in [1.54, 1.807) is 0 Å². The maximum absolute atomic E-state index is 11.1. The molecule has 0 radical (unpaired) electrons. The summed E-state index contributed by atoms with van der Waals surface area (Å²) >= 11 is 0. The van der Waals surface area contributed by atoms with Crippen molar-refractivity contribution >= 4 is 22.7 Å². The molecule has 0 unspecified atom stereocenters. The van der Waals surface area contributed by atoms with E-state index in [1.807, 2.05) is 0 Å². The van der Waals surface area contributed by atoms with Crippen molar-refractivity contribution in [2.45, 2.75) is 0 Å². The van der Waals surface area contributed by atoms with Crippen molar-refractivity contribution in [3.63, 3.8) is 0 Å². The topological polar surface area (TPSA) is 182 Å². The van der Waals surface area contributed by atoms with E-state index in [0.717, 1.165) is 24.3 Å². The third-order valence-electron chi connectivity index (χ3n) is 2.91. The Bertz CT molecular complexity index is 859. The van der Waals surface area contributed by atoms with E-state index in [0.29, 0.717) is 12.1 Å². The van der Waals surface area contributed by atoms with Crippen LogP contribution >= 0.6 is 0 Å². The van der Waals surface area contributed by atoms with Gasteiger partial charge in [-0.05, 0) is 12.1 Å². The number of ether oxygens (including phenoxy) is 1. The van der Waals surface area contributed by atoms with Crippen LogP contribution in [0.15, 0.2) is 36.4 Å². The second-order valence-corrected chi connectivity index (χ2v) is 4.44. The SMILES string of the molecule is O=[N+]([O-])c1ccc(Oc2c([N+](=O)[O-])cc([N+](=O)[O-])cc2[N+](=O)[O-])cc1. The Labute approximate surface area is 136 Å². The van der Waals surface area contributed by atoms with Crippen LogP contribution in [0.25, 0.3) is 0 Å². The van der Waals surface area contributed by atoms with Crippen molar-refractivity contribution in [3.8, 4) is 11.5 Å². The number of hydrogen-bond donors (Lipinski definition) is 0. The molecule has 0 aromatic heterocycles. The highest BCUT2D eigenvalue weighted by Gasteiger charge is 2.32. The Balaban J connectivity index is 2.58. The minimum absolute atomic E-state index is 0.161. The van der Waals surface area contributed by atoms with Crippen LogP contribution in [0.4, 0.5) is 22.7 Å². The van der Waals surface area contributed by atoms with Gasteiger partial charge in [0.1, 0.15) is 5.75 Å². The van der Waals surface area contributed by atoms with E-state index in [-0.39, 0.29) is 11.4 Å². The third kappa shape index (κ3) is 3.61. The Hall–Kier alpha value is -4.16. The quantitative estimate of drug-likeness (QED) is 0.558. The first-order valence-electron chi connectivity index (χ1n) is 6.24. The van der Waals surface area contributed by atoms with Gasteiger partial charge in [-0.25, -0.2) is 0 Å². The number of rotatable bonds is 6. The Morgan fingerprint density at radius 1 is 0.640 bits per heavy atom. The van der Waals surface area contributed by atoms with Crippen molar-refractivity contribution in [1.29, 1.82) is 0 Å². The molecule has 0 saturated carbocycles. The van der Waals surface area contributed by atoms with E-state index in [2.05, 4.69) is 0 Å². The van der Waals surface area contributed by atoms with Crippen LogP contribution in [-0.4, -0.2) is 19.7 Å². The van der Waals surface area contributed by atoms with Gasteiger partial charge in [-0.1, -0.05) is 0 Å². The fraction of sp³-hybridized carbons (Fsp3) is 0. The Kier molecular flexibility index (Phi) is 4.49. The normalized spacial score (nSPS) is 10.1. The lowest BCUT2D eigenvalue weighted by atomic mass is 10.2. The number of benzene rings is 2. The maximum Gasteiger partial charge on any atom is 0.325 e. The minimum Gasteiger partial charge on any atom is -0.444 e. The fourth-order valence-electron chi connectivity index (χ4n) is 1.82. The van der Waals surface area contributed by atoms with Crippen molar-refractivity contribution < 1.29 is 24.4 Å². The van der Waals surface area contributed by atoms with Gasteiger partial charge in [0.2, 0.25) is 0 Å². The van der Waals surface area contributed by atoms with Gasteiger partial charge in [-0.3, -0.25) is 40.5 Å². The van der Waals surface area contributed by atoms with E-state index in [9.17, 15) is 40.5 Å². The molecule has 0 aliphatic heterocycles. The van der Waals surface area contributed by atoms with Gasteiger partial charge in [0.05, 0.1) is 31.8 Å². The van der Waals surface area contributed by atoms with Crippen LogP contribution in [0.1, 0.15) is 0 Å². The zero-order valence-corrected chi connectivity index (χ0v) is 11.9. The van der Waals surface area contributed by atoms with Crippen LogP contribution in [0.3, 0.4) is 0 Å². The number of non-ortho nitro benzene ring substituents is 2. The molecule has 0 amide bonds. The van der Waals surface area contributed by atoms with E-state index in [1.165, 1.54) is 0 Å². The Morgan fingerprint density at radius 3 is 1.44 bits per heavy atom. The van der Waals surface area contributed by atoms with Gasteiger partial charge in [-0.15, -0.1) is 0 Å². The van der Waals surface area contributed by atoms with E-state index < -0.39 is 42.5 Å². The van der Waals surface area contributed by atoms with Crippen molar-refractivity contribution in [1.82, 2.24) is 0 Å². The molecular weight excluding hydrogens is 344 g/mol. The van der Waals surface area contributed by atoms with Crippen LogP contribution in [0, 0.1) is 40.5 Å². The summed E-state index contributed by atoms with van der Waals surface area (Å²) < 4.78 is 5.10. The van der Waals surface area contributed by atoms with Gasteiger partial charge < -0.3 is 4.74 Å². The van der Waals surface area contributed by atoms with Gasteiger partial charge in [-0.2, -0.15) is 0 Å². The summed E-state index contributed by atoms with van der Waals surface area (Å²) in [6.07, 6.45) is 0. The van der Waals surface area contributed by atoms with Gasteiger partial charge in [0, 0.05) is 12.1 Å². The molecule has 2 aromatic rings. The molecule has 0 aliphatic carbocycles. The molecule has 0 heterocycles. The summed E-state index contributed by atoms with van der Waals surface area (Å²) in [5.41, 5.74) is -3.12. The highest BCUT2D eigenvalue weighted by molar-refractivity contribution is 5.66. The van der Waals surface area contributed by atoms with Gasteiger partial charge in [0.25, 0.3) is 17.1 Å². The maximum atomic E-state index is 11.1. The Morgan fingerprint density at radius 2 is 1.08 bits per heavy atom. The molecule has 0 fully saturated rings.